The third kappa shape index (κ3) is 5.51. The van der Waals surface area contributed by atoms with Gasteiger partial charge in [-0.3, -0.25) is 9.59 Å². The van der Waals surface area contributed by atoms with Gasteiger partial charge in [0.2, 0.25) is 11.8 Å². The van der Waals surface area contributed by atoms with Gasteiger partial charge in [0.15, 0.2) is 0 Å². The minimum Gasteiger partial charge on any atom is -0.325 e. The van der Waals surface area contributed by atoms with Crippen molar-refractivity contribution in [1.82, 2.24) is 0 Å². The van der Waals surface area contributed by atoms with Crippen LogP contribution < -0.4 is 10.6 Å². The van der Waals surface area contributed by atoms with Crippen molar-refractivity contribution in [2.45, 2.75) is 66.2 Å². The average molecular weight is 435 g/mol. The summed E-state index contributed by atoms with van der Waals surface area (Å²) in [6.07, 6.45) is 6.66. The van der Waals surface area contributed by atoms with Crippen LogP contribution >= 0.6 is 0 Å². The van der Waals surface area contributed by atoms with Gasteiger partial charge in [-0.25, -0.2) is 0 Å². The number of amides is 2. The molecule has 2 aliphatic carbocycles. The van der Waals surface area contributed by atoms with Crippen molar-refractivity contribution in [2.75, 3.05) is 10.6 Å². The molecule has 172 valence electrons. The van der Waals surface area contributed by atoms with Gasteiger partial charge in [-0.05, 0) is 61.5 Å². The van der Waals surface area contributed by atoms with Crippen LogP contribution in [0.15, 0.2) is 36.4 Å². The number of hydrogen-bond donors (Lipinski definition) is 2. The van der Waals surface area contributed by atoms with Crippen LogP contribution in [0.2, 0.25) is 0 Å². The molecule has 32 heavy (non-hydrogen) atoms. The van der Waals surface area contributed by atoms with Crippen LogP contribution in [0.1, 0.15) is 66.2 Å². The topological polar surface area (TPSA) is 58.2 Å². The Labute approximate surface area is 192 Å². The molecule has 0 unspecified atom stereocenters. The van der Waals surface area contributed by atoms with E-state index in [4.69, 9.17) is 0 Å². The maximum Gasteiger partial charge on any atom is 0.227 e. The minimum atomic E-state index is 0.131. The molecule has 4 rings (SSSR count). The summed E-state index contributed by atoms with van der Waals surface area (Å²) in [4.78, 5) is 25.6. The summed E-state index contributed by atoms with van der Waals surface area (Å²) in [7, 11) is 0. The predicted molar refractivity (Wildman–Crippen MR) is 133 cm³/mol. The van der Waals surface area contributed by atoms with Gasteiger partial charge < -0.3 is 10.6 Å². The Balaban J connectivity index is 1.40. The molecule has 2 aromatic carbocycles. The Hall–Kier alpha value is -2.36. The molecule has 2 fully saturated rings. The fourth-order valence-corrected chi connectivity index (χ4v) is 4.85. The first-order valence-electron chi connectivity index (χ1n) is 12.5. The number of rotatable bonds is 10. The number of carbonyl (C=O) groups excluding carboxylic acids is 2. The summed E-state index contributed by atoms with van der Waals surface area (Å²) in [5.74, 6) is 2.99. The molecule has 0 bridgehead atoms. The zero-order valence-corrected chi connectivity index (χ0v) is 20.0. The number of nitrogens with one attached hydrogen (secondary N) is 2. The van der Waals surface area contributed by atoms with E-state index in [1.54, 1.807) is 0 Å². The van der Waals surface area contributed by atoms with Crippen molar-refractivity contribution in [2.24, 2.45) is 35.5 Å². The molecule has 4 heteroatoms. The van der Waals surface area contributed by atoms with Crippen molar-refractivity contribution in [1.29, 1.82) is 0 Å². The van der Waals surface area contributed by atoms with E-state index in [9.17, 15) is 9.59 Å². The molecule has 0 heterocycles. The number of hydrogen-bond acceptors (Lipinski definition) is 2. The van der Waals surface area contributed by atoms with Gasteiger partial charge in [-0.15, -0.1) is 0 Å². The molecule has 4 nitrogen and oxygen atoms in total. The summed E-state index contributed by atoms with van der Waals surface area (Å²) in [5, 5.41) is 8.28. The van der Waals surface area contributed by atoms with Crippen LogP contribution in [0.25, 0.3) is 10.8 Å². The van der Waals surface area contributed by atoms with Crippen LogP contribution in [-0.2, 0) is 9.59 Å². The standard InChI is InChI=1S/C28H38N2O2/c1-17(2)11-13-19-15-23(19)27(31)29-25-9-5-8-22-21(25)7-6-10-26(22)30-28(32)24-16-20(24)14-12-18(3)4/h5-10,17-20,23-24H,11-16H2,1-4H3,(H,29,31)(H,30,32)/t19-,20+,23+,24-. The van der Waals surface area contributed by atoms with Crippen molar-refractivity contribution in [3.8, 4) is 0 Å². The second kappa shape index (κ2) is 9.64. The van der Waals surface area contributed by atoms with Crippen molar-refractivity contribution in [3.05, 3.63) is 36.4 Å². The lowest BCUT2D eigenvalue weighted by atomic mass is 10.0. The molecular formula is C28H38N2O2. The molecule has 2 aromatic rings. The zero-order chi connectivity index (χ0) is 22.8. The zero-order valence-electron chi connectivity index (χ0n) is 20.0. The Morgan fingerprint density at radius 2 is 1.16 bits per heavy atom. The van der Waals surface area contributed by atoms with Crippen molar-refractivity contribution in [3.63, 3.8) is 0 Å². The fourth-order valence-electron chi connectivity index (χ4n) is 4.85. The van der Waals surface area contributed by atoms with E-state index in [1.165, 1.54) is 12.8 Å². The molecule has 0 radical (unpaired) electrons. The summed E-state index contributed by atoms with van der Waals surface area (Å²) in [6.45, 7) is 8.94. The number of carbonyl (C=O) groups is 2. The molecular weight excluding hydrogens is 396 g/mol. The third-order valence-electron chi connectivity index (χ3n) is 7.19. The highest BCUT2D eigenvalue weighted by molar-refractivity contribution is 6.10. The normalized spacial score (nSPS) is 24.1. The lowest BCUT2D eigenvalue weighted by molar-refractivity contribution is -0.118. The lowest BCUT2D eigenvalue weighted by Gasteiger charge is -2.13. The lowest BCUT2D eigenvalue weighted by Crippen LogP contribution is -2.16. The summed E-state index contributed by atoms with van der Waals surface area (Å²) in [6, 6.07) is 11.9. The fraction of sp³-hybridized carbons (Fsp3) is 0.571. The predicted octanol–water partition coefficient (Wildman–Crippen LogP) is 6.86. The summed E-state index contributed by atoms with van der Waals surface area (Å²) < 4.78 is 0. The van der Waals surface area contributed by atoms with E-state index in [2.05, 4.69) is 38.3 Å². The first-order valence-corrected chi connectivity index (χ1v) is 12.5. The van der Waals surface area contributed by atoms with Crippen LogP contribution in [0, 0.1) is 35.5 Å². The second-order valence-electron chi connectivity index (χ2n) is 10.8. The number of fused-ring (bicyclic) bond motifs is 1. The van der Waals surface area contributed by atoms with Crippen LogP contribution in [0.3, 0.4) is 0 Å². The highest BCUT2D eigenvalue weighted by Crippen LogP contribution is 2.45. The Morgan fingerprint density at radius 1 is 0.750 bits per heavy atom. The maximum atomic E-state index is 12.8. The highest BCUT2D eigenvalue weighted by Gasteiger charge is 2.43. The molecule has 0 spiro atoms. The quantitative estimate of drug-likeness (QED) is 0.429. The van der Waals surface area contributed by atoms with Gasteiger partial charge in [0.1, 0.15) is 0 Å². The Bertz CT molecular complexity index is 901. The van der Waals surface area contributed by atoms with Gasteiger partial charge in [0.05, 0.1) is 0 Å². The molecule has 0 aliphatic heterocycles. The average Bonchev–Trinajstić information content (AvgIpc) is 3.66. The Morgan fingerprint density at radius 3 is 1.53 bits per heavy atom. The van der Waals surface area contributed by atoms with Crippen LogP contribution in [-0.4, -0.2) is 11.8 Å². The third-order valence-corrected chi connectivity index (χ3v) is 7.19. The van der Waals surface area contributed by atoms with Gasteiger partial charge in [0.25, 0.3) is 0 Å². The van der Waals surface area contributed by atoms with E-state index >= 15 is 0 Å². The van der Waals surface area contributed by atoms with E-state index in [-0.39, 0.29) is 23.7 Å². The van der Waals surface area contributed by atoms with Gasteiger partial charge in [-0.2, -0.15) is 0 Å². The SMILES string of the molecule is CC(C)CC[C@@H]1C[C@@H]1C(=O)Nc1cccc2c(NC(=O)[C@@H]3C[C@@H]3CCC(C)C)cccc12. The molecule has 0 aromatic heterocycles. The van der Waals surface area contributed by atoms with Gasteiger partial charge >= 0.3 is 0 Å². The molecule has 4 atom stereocenters. The van der Waals surface area contributed by atoms with E-state index in [1.807, 2.05) is 36.4 Å². The summed E-state index contributed by atoms with van der Waals surface area (Å²) >= 11 is 0. The molecule has 2 saturated carbocycles. The first-order chi connectivity index (χ1) is 15.3. The molecule has 2 amide bonds. The van der Waals surface area contributed by atoms with Gasteiger partial charge in [0, 0.05) is 34.0 Å². The Kier molecular flexibility index (Phi) is 6.88. The molecule has 2 aliphatic rings. The largest absolute Gasteiger partial charge is 0.325 e. The van der Waals surface area contributed by atoms with E-state index in [0.29, 0.717) is 23.7 Å². The molecule has 0 saturated heterocycles. The molecule has 2 N–H and O–H groups in total. The van der Waals surface area contributed by atoms with Gasteiger partial charge in [-0.1, -0.05) is 64.8 Å². The highest BCUT2D eigenvalue weighted by atomic mass is 16.2. The van der Waals surface area contributed by atoms with E-state index in [0.717, 1.165) is 47.8 Å². The van der Waals surface area contributed by atoms with Crippen LogP contribution in [0.4, 0.5) is 11.4 Å². The second-order valence-corrected chi connectivity index (χ2v) is 10.8. The number of benzene rings is 2. The number of anilines is 2. The van der Waals surface area contributed by atoms with Crippen molar-refractivity contribution >= 4 is 34.0 Å². The van der Waals surface area contributed by atoms with Crippen LogP contribution in [0.5, 0.6) is 0 Å². The first kappa shape index (κ1) is 22.8. The minimum absolute atomic E-state index is 0.131. The van der Waals surface area contributed by atoms with E-state index < -0.39 is 0 Å². The van der Waals surface area contributed by atoms with Crippen molar-refractivity contribution < 1.29 is 9.59 Å². The monoisotopic (exact) mass is 434 g/mol. The summed E-state index contributed by atoms with van der Waals surface area (Å²) in [5.41, 5.74) is 1.67. The maximum absolute atomic E-state index is 12.8. The smallest absolute Gasteiger partial charge is 0.227 e.